The number of rotatable bonds is 5. The van der Waals surface area contributed by atoms with Crippen molar-refractivity contribution in [3.05, 3.63) is 23.9 Å². The van der Waals surface area contributed by atoms with Crippen LogP contribution in [0.25, 0.3) is 0 Å². The van der Waals surface area contributed by atoms with E-state index in [4.69, 9.17) is 16.0 Å². The van der Waals surface area contributed by atoms with Crippen molar-refractivity contribution in [2.75, 3.05) is 24.6 Å². The zero-order chi connectivity index (χ0) is 12.0. The molecule has 1 rings (SSSR count). The Bertz CT molecular complexity index is 350. The second-order valence-corrected chi connectivity index (χ2v) is 3.19. The number of aliphatic hydroxyl groups excluding tert-OH is 1. The predicted molar refractivity (Wildman–Crippen MR) is 61.7 cm³/mol. The first-order chi connectivity index (χ1) is 7.72. The Labute approximate surface area is 94.0 Å². The fourth-order valence-corrected chi connectivity index (χ4v) is 1.34. The van der Waals surface area contributed by atoms with E-state index >= 15 is 0 Å². The Balaban J connectivity index is 2.84. The van der Waals surface area contributed by atoms with Crippen LogP contribution in [0.3, 0.4) is 0 Å². The Hall–Kier alpha value is -1.82. The number of likely N-dealkylation sites (N-methyl/N-ethyl adjacent to an activating group) is 1. The smallest absolute Gasteiger partial charge is 0.171 e. The molecule has 1 heterocycles. The van der Waals surface area contributed by atoms with Gasteiger partial charge in [0.25, 0.3) is 0 Å². The molecule has 1 aromatic rings. The average Bonchev–Trinajstić information content (AvgIpc) is 2.35. The van der Waals surface area contributed by atoms with Crippen molar-refractivity contribution in [3.63, 3.8) is 0 Å². The highest BCUT2D eigenvalue weighted by Gasteiger charge is 2.05. The Morgan fingerprint density at radius 3 is 2.75 bits per heavy atom. The number of amidine groups is 1. The van der Waals surface area contributed by atoms with Crippen molar-refractivity contribution in [2.45, 2.75) is 6.92 Å². The standard InChI is InChI=1S/C10H16N4O2/c1-2-14(5-6-15)9-4-3-8(7-12-9)10(11)13-16/h3-4,7,15-16H,2,5-6H2,1H3,(H2,11,13). The lowest BCUT2D eigenvalue weighted by Crippen LogP contribution is -2.27. The summed E-state index contributed by atoms with van der Waals surface area (Å²) in [5, 5.41) is 20.2. The average molecular weight is 224 g/mol. The number of anilines is 1. The first kappa shape index (κ1) is 12.3. The minimum absolute atomic E-state index is 0.0317. The lowest BCUT2D eigenvalue weighted by atomic mass is 10.2. The molecule has 0 bridgehead atoms. The number of aliphatic hydroxyl groups is 1. The number of hydrogen-bond donors (Lipinski definition) is 3. The summed E-state index contributed by atoms with van der Waals surface area (Å²) in [5.74, 6) is 0.787. The van der Waals surface area contributed by atoms with Gasteiger partial charge in [0.2, 0.25) is 0 Å². The maximum absolute atomic E-state index is 8.87. The Morgan fingerprint density at radius 1 is 1.56 bits per heavy atom. The monoisotopic (exact) mass is 224 g/mol. The summed E-state index contributed by atoms with van der Waals surface area (Å²) >= 11 is 0. The normalized spacial score (nSPS) is 11.5. The molecule has 0 aliphatic carbocycles. The predicted octanol–water partition coefficient (Wildman–Crippen LogP) is -0.00530. The van der Waals surface area contributed by atoms with Crippen LogP contribution in [-0.2, 0) is 0 Å². The molecule has 0 spiro atoms. The number of nitrogens with two attached hydrogens (primary N) is 1. The van der Waals surface area contributed by atoms with Gasteiger partial charge < -0.3 is 20.9 Å². The molecule has 88 valence electrons. The van der Waals surface area contributed by atoms with Gasteiger partial charge in [-0.25, -0.2) is 4.98 Å². The number of aromatic nitrogens is 1. The van der Waals surface area contributed by atoms with E-state index in [2.05, 4.69) is 10.1 Å². The minimum Gasteiger partial charge on any atom is -0.409 e. The fourth-order valence-electron chi connectivity index (χ4n) is 1.34. The van der Waals surface area contributed by atoms with Gasteiger partial charge in [-0.2, -0.15) is 0 Å². The maximum Gasteiger partial charge on any atom is 0.171 e. The van der Waals surface area contributed by atoms with E-state index in [-0.39, 0.29) is 12.4 Å². The van der Waals surface area contributed by atoms with Gasteiger partial charge in [-0.3, -0.25) is 0 Å². The van der Waals surface area contributed by atoms with Crippen molar-refractivity contribution in [1.29, 1.82) is 0 Å². The van der Waals surface area contributed by atoms with Gasteiger partial charge in [0, 0.05) is 24.8 Å². The third-order valence-corrected chi connectivity index (χ3v) is 2.23. The maximum atomic E-state index is 8.87. The van der Waals surface area contributed by atoms with Crippen molar-refractivity contribution in [2.24, 2.45) is 10.9 Å². The van der Waals surface area contributed by atoms with E-state index < -0.39 is 0 Å². The first-order valence-electron chi connectivity index (χ1n) is 5.02. The summed E-state index contributed by atoms with van der Waals surface area (Å²) in [7, 11) is 0. The van der Waals surface area contributed by atoms with Crippen LogP contribution in [0.5, 0.6) is 0 Å². The van der Waals surface area contributed by atoms with E-state index in [0.717, 1.165) is 12.4 Å². The summed E-state index contributed by atoms with van der Waals surface area (Å²) in [5.41, 5.74) is 5.98. The van der Waals surface area contributed by atoms with Crippen LogP contribution in [0, 0.1) is 0 Å². The third kappa shape index (κ3) is 2.83. The zero-order valence-electron chi connectivity index (χ0n) is 9.17. The number of oxime groups is 1. The molecule has 16 heavy (non-hydrogen) atoms. The summed E-state index contributed by atoms with van der Waals surface area (Å²) in [4.78, 5) is 6.11. The van der Waals surface area contributed by atoms with Crippen LogP contribution in [0.15, 0.2) is 23.5 Å². The third-order valence-electron chi connectivity index (χ3n) is 2.23. The number of pyridine rings is 1. The van der Waals surface area contributed by atoms with E-state index in [0.29, 0.717) is 12.1 Å². The van der Waals surface area contributed by atoms with Crippen LogP contribution < -0.4 is 10.6 Å². The highest BCUT2D eigenvalue weighted by atomic mass is 16.4. The van der Waals surface area contributed by atoms with Crippen molar-refractivity contribution in [3.8, 4) is 0 Å². The molecule has 6 nitrogen and oxygen atoms in total. The van der Waals surface area contributed by atoms with Crippen molar-refractivity contribution < 1.29 is 10.3 Å². The molecule has 0 radical (unpaired) electrons. The van der Waals surface area contributed by atoms with Gasteiger partial charge in [-0.05, 0) is 19.1 Å². The van der Waals surface area contributed by atoms with Crippen LogP contribution in [0.4, 0.5) is 5.82 Å². The van der Waals surface area contributed by atoms with Gasteiger partial charge in [0.1, 0.15) is 5.82 Å². The van der Waals surface area contributed by atoms with Crippen LogP contribution in [-0.4, -0.2) is 40.8 Å². The molecule has 0 aliphatic heterocycles. The highest BCUT2D eigenvalue weighted by molar-refractivity contribution is 5.96. The molecule has 0 saturated carbocycles. The molecular formula is C10H16N4O2. The highest BCUT2D eigenvalue weighted by Crippen LogP contribution is 2.10. The first-order valence-corrected chi connectivity index (χ1v) is 5.02. The summed E-state index contributed by atoms with van der Waals surface area (Å²) in [6.45, 7) is 3.36. The molecule has 0 aromatic carbocycles. The van der Waals surface area contributed by atoms with E-state index in [9.17, 15) is 0 Å². The molecule has 0 amide bonds. The Kier molecular flexibility index (Phi) is 4.53. The topological polar surface area (TPSA) is 95.0 Å². The Morgan fingerprint density at radius 2 is 2.31 bits per heavy atom. The van der Waals surface area contributed by atoms with Crippen molar-refractivity contribution >= 4 is 11.7 Å². The molecule has 4 N–H and O–H groups in total. The SMILES string of the molecule is CCN(CCO)c1ccc(/C(N)=N/O)cn1. The van der Waals surface area contributed by atoms with Crippen LogP contribution in [0.1, 0.15) is 12.5 Å². The minimum atomic E-state index is 0.0317. The second-order valence-electron chi connectivity index (χ2n) is 3.19. The van der Waals surface area contributed by atoms with Gasteiger partial charge in [0.05, 0.1) is 6.61 Å². The lowest BCUT2D eigenvalue weighted by Gasteiger charge is -2.20. The lowest BCUT2D eigenvalue weighted by molar-refractivity contribution is 0.302. The quantitative estimate of drug-likeness (QED) is 0.283. The van der Waals surface area contributed by atoms with Gasteiger partial charge >= 0.3 is 0 Å². The summed E-state index contributed by atoms with van der Waals surface area (Å²) in [6, 6.07) is 3.49. The van der Waals surface area contributed by atoms with E-state index in [1.165, 1.54) is 6.20 Å². The van der Waals surface area contributed by atoms with Crippen LogP contribution in [0.2, 0.25) is 0 Å². The van der Waals surface area contributed by atoms with Gasteiger partial charge in [-0.1, -0.05) is 5.16 Å². The molecule has 0 atom stereocenters. The van der Waals surface area contributed by atoms with Gasteiger partial charge in [-0.15, -0.1) is 0 Å². The molecule has 0 saturated heterocycles. The largest absolute Gasteiger partial charge is 0.409 e. The fraction of sp³-hybridized carbons (Fsp3) is 0.400. The van der Waals surface area contributed by atoms with Crippen molar-refractivity contribution in [1.82, 2.24) is 4.98 Å². The van der Waals surface area contributed by atoms with E-state index in [1.807, 2.05) is 11.8 Å². The van der Waals surface area contributed by atoms with E-state index in [1.54, 1.807) is 12.1 Å². The molecular weight excluding hydrogens is 208 g/mol. The zero-order valence-corrected chi connectivity index (χ0v) is 9.17. The molecule has 0 aliphatic rings. The van der Waals surface area contributed by atoms with Crippen LogP contribution >= 0.6 is 0 Å². The number of nitrogens with zero attached hydrogens (tertiary/aromatic N) is 3. The molecule has 0 fully saturated rings. The molecule has 1 aromatic heterocycles. The molecule has 6 heteroatoms. The summed E-state index contributed by atoms with van der Waals surface area (Å²) < 4.78 is 0. The number of hydrogen-bond acceptors (Lipinski definition) is 5. The molecule has 0 unspecified atom stereocenters. The van der Waals surface area contributed by atoms with Gasteiger partial charge in [0.15, 0.2) is 5.84 Å². The summed E-state index contributed by atoms with van der Waals surface area (Å²) in [6.07, 6.45) is 1.53. The second kappa shape index (κ2) is 5.92.